The van der Waals surface area contributed by atoms with Gasteiger partial charge in [-0.2, -0.15) is 5.10 Å². The van der Waals surface area contributed by atoms with Crippen LogP contribution in [0.25, 0.3) is 10.6 Å². The molecule has 2 rings (SSSR count). The number of aromatic nitrogens is 2. The highest BCUT2D eigenvalue weighted by Crippen LogP contribution is 2.33. The Kier molecular flexibility index (Phi) is 3.01. The Morgan fingerprint density at radius 3 is 2.75 bits per heavy atom. The first kappa shape index (κ1) is 11.2. The Bertz CT molecular complexity index is 477. The number of aryl methyl sites for hydroxylation is 2. The summed E-state index contributed by atoms with van der Waals surface area (Å²) >= 11 is 1.79. The predicted octanol–water partition coefficient (Wildman–Crippen LogP) is 3.29. The van der Waals surface area contributed by atoms with Crippen LogP contribution in [0.15, 0.2) is 6.07 Å². The Hall–Kier alpha value is -1.29. The lowest BCUT2D eigenvalue weighted by molar-refractivity contribution is 0.927. The summed E-state index contributed by atoms with van der Waals surface area (Å²) in [7, 11) is 0. The normalized spacial score (nSPS) is 10.9. The number of rotatable bonds is 3. The lowest BCUT2D eigenvalue weighted by Crippen LogP contribution is -1.91. The molecule has 0 aliphatic carbocycles. The van der Waals surface area contributed by atoms with E-state index < -0.39 is 0 Å². The van der Waals surface area contributed by atoms with E-state index in [1.165, 1.54) is 15.3 Å². The number of thiophene rings is 1. The van der Waals surface area contributed by atoms with Gasteiger partial charge in [0.1, 0.15) is 5.82 Å². The first-order chi connectivity index (χ1) is 7.63. The van der Waals surface area contributed by atoms with Crippen LogP contribution in [0.1, 0.15) is 29.3 Å². The molecule has 2 aromatic rings. The molecule has 0 atom stereocenters. The van der Waals surface area contributed by atoms with Gasteiger partial charge in [-0.15, -0.1) is 11.3 Å². The SMILES string of the molecule is CCCc1c(N)n[nH]c1-c1cc(C)c(C)s1. The minimum atomic E-state index is 0.639. The number of nitrogen functional groups attached to an aromatic ring is 1. The third-order valence-corrected chi connectivity index (χ3v) is 3.98. The molecule has 0 bridgehead atoms. The van der Waals surface area contributed by atoms with E-state index in [-0.39, 0.29) is 0 Å². The van der Waals surface area contributed by atoms with Crippen LogP contribution in [-0.2, 0) is 6.42 Å². The van der Waals surface area contributed by atoms with Crippen molar-refractivity contribution in [2.24, 2.45) is 0 Å². The Balaban J connectivity index is 2.47. The highest BCUT2D eigenvalue weighted by Gasteiger charge is 2.14. The smallest absolute Gasteiger partial charge is 0.149 e. The molecule has 0 aliphatic rings. The van der Waals surface area contributed by atoms with Gasteiger partial charge >= 0.3 is 0 Å². The molecule has 3 nitrogen and oxygen atoms in total. The average Bonchev–Trinajstić information content (AvgIpc) is 2.74. The van der Waals surface area contributed by atoms with Crippen LogP contribution in [0, 0.1) is 13.8 Å². The second kappa shape index (κ2) is 4.29. The average molecular weight is 235 g/mol. The Morgan fingerprint density at radius 2 is 2.19 bits per heavy atom. The molecule has 0 spiro atoms. The van der Waals surface area contributed by atoms with Crippen molar-refractivity contribution < 1.29 is 0 Å². The van der Waals surface area contributed by atoms with Crippen LogP contribution in [0.3, 0.4) is 0 Å². The van der Waals surface area contributed by atoms with Crippen molar-refractivity contribution in [1.82, 2.24) is 10.2 Å². The highest BCUT2D eigenvalue weighted by molar-refractivity contribution is 7.15. The van der Waals surface area contributed by atoms with Crippen LogP contribution in [-0.4, -0.2) is 10.2 Å². The Labute approximate surface area is 99.7 Å². The van der Waals surface area contributed by atoms with Crippen molar-refractivity contribution in [3.63, 3.8) is 0 Å². The summed E-state index contributed by atoms with van der Waals surface area (Å²) < 4.78 is 0. The van der Waals surface area contributed by atoms with E-state index in [4.69, 9.17) is 5.73 Å². The summed E-state index contributed by atoms with van der Waals surface area (Å²) in [6, 6.07) is 2.20. The van der Waals surface area contributed by atoms with Gasteiger partial charge in [-0.05, 0) is 31.9 Å². The number of nitrogens with two attached hydrogens (primary N) is 1. The largest absolute Gasteiger partial charge is 0.382 e. The third-order valence-electron chi connectivity index (χ3n) is 2.81. The van der Waals surface area contributed by atoms with E-state index in [2.05, 4.69) is 37.0 Å². The lowest BCUT2D eigenvalue weighted by Gasteiger charge is -1.99. The van der Waals surface area contributed by atoms with Crippen molar-refractivity contribution >= 4 is 17.2 Å². The molecule has 0 unspecified atom stereocenters. The molecule has 0 aromatic carbocycles. The highest BCUT2D eigenvalue weighted by atomic mass is 32.1. The zero-order chi connectivity index (χ0) is 11.7. The summed E-state index contributed by atoms with van der Waals surface area (Å²) in [5, 5.41) is 7.16. The van der Waals surface area contributed by atoms with E-state index in [1.54, 1.807) is 11.3 Å². The number of hydrogen-bond acceptors (Lipinski definition) is 3. The topological polar surface area (TPSA) is 54.7 Å². The fourth-order valence-corrected chi connectivity index (χ4v) is 2.84. The molecule has 0 amide bonds. The molecule has 0 saturated heterocycles. The maximum absolute atomic E-state index is 5.87. The van der Waals surface area contributed by atoms with Crippen LogP contribution in [0.4, 0.5) is 5.82 Å². The van der Waals surface area contributed by atoms with Crippen molar-refractivity contribution in [1.29, 1.82) is 0 Å². The maximum Gasteiger partial charge on any atom is 0.149 e. The number of H-pyrrole nitrogens is 1. The molecule has 0 saturated carbocycles. The van der Waals surface area contributed by atoms with E-state index in [9.17, 15) is 0 Å². The van der Waals surface area contributed by atoms with E-state index in [0.717, 1.165) is 24.1 Å². The zero-order valence-corrected chi connectivity index (χ0v) is 10.7. The van der Waals surface area contributed by atoms with Crippen LogP contribution < -0.4 is 5.73 Å². The van der Waals surface area contributed by atoms with Crippen LogP contribution in [0.2, 0.25) is 0 Å². The first-order valence-corrected chi connectivity index (χ1v) is 6.35. The van der Waals surface area contributed by atoms with Crippen LogP contribution >= 0.6 is 11.3 Å². The van der Waals surface area contributed by atoms with E-state index >= 15 is 0 Å². The van der Waals surface area contributed by atoms with Crippen molar-refractivity contribution in [2.45, 2.75) is 33.6 Å². The maximum atomic E-state index is 5.87. The number of aromatic amines is 1. The van der Waals surface area contributed by atoms with Crippen molar-refractivity contribution in [3.8, 4) is 10.6 Å². The van der Waals surface area contributed by atoms with Gasteiger partial charge in [0.25, 0.3) is 0 Å². The Morgan fingerprint density at radius 1 is 1.44 bits per heavy atom. The molecule has 86 valence electrons. The molecular weight excluding hydrogens is 218 g/mol. The van der Waals surface area contributed by atoms with Crippen LogP contribution in [0.5, 0.6) is 0 Å². The predicted molar refractivity (Wildman–Crippen MR) is 69.8 cm³/mol. The number of hydrogen-bond donors (Lipinski definition) is 2. The quantitative estimate of drug-likeness (QED) is 0.857. The zero-order valence-electron chi connectivity index (χ0n) is 9.92. The summed E-state index contributed by atoms with van der Waals surface area (Å²) in [5.41, 5.74) is 9.46. The minimum absolute atomic E-state index is 0.639. The second-order valence-electron chi connectivity index (χ2n) is 4.06. The molecule has 3 N–H and O–H groups in total. The lowest BCUT2D eigenvalue weighted by atomic mass is 10.1. The third kappa shape index (κ3) is 1.85. The summed E-state index contributed by atoms with van der Waals surface area (Å²) in [4.78, 5) is 2.59. The molecule has 0 radical (unpaired) electrons. The first-order valence-electron chi connectivity index (χ1n) is 5.53. The van der Waals surface area contributed by atoms with Gasteiger partial charge < -0.3 is 5.73 Å². The van der Waals surface area contributed by atoms with E-state index in [0.29, 0.717) is 5.82 Å². The molecule has 16 heavy (non-hydrogen) atoms. The van der Waals surface area contributed by atoms with Gasteiger partial charge in [0.2, 0.25) is 0 Å². The molecule has 0 fully saturated rings. The van der Waals surface area contributed by atoms with Gasteiger partial charge in [0.05, 0.1) is 10.6 Å². The standard InChI is InChI=1S/C12H17N3S/c1-4-5-9-11(14-15-12(9)13)10-6-7(2)8(3)16-10/h6H,4-5H2,1-3H3,(H3,13,14,15). The fraction of sp³-hybridized carbons (Fsp3) is 0.417. The number of anilines is 1. The van der Waals surface area contributed by atoms with Gasteiger partial charge in [0, 0.05) is 10.4 Å². The summed E-state index contributed by atoms with van der Waals surface area (Å²) in [5.74, 6) is 0.639. The monoisotopic (exact) mass is 235 g/mol. The van der Waals surface area contributed by atoms with E-state index in [1.807, 2.05) is 0 Å². The molecular formula is C12H17N3S. The molecule has 4 heteroatoms. The number of nitrogens with one attached hydrogen (secondary N) is 1. The van der Waals surface area contributed by atoms with Gasteiger partial charge in [-0.3, -0.25) is 5.10 Å². The second-order valence-corrected chi connectivity index (χ2v) is 5.32. The van der Waals surface area contributed by atoms with Gasteiger partial charge in [-0.25, -0.2) is 0 Å². The van der Waals surface area contributed by atoms with Crippen molar-refractivity contribution in [3.05, 3.63) is 22.1 Å². The summed E-state index contributed by atoms with van der Waals surface area (Å²) in [6.45, 7) is 6.43. The van der Waals surface area contributed by atoms with Gasteiger partial charge in [0.15, 0.2) is 0 Å². The summed E-state index contributed by atoms with van der Waals surface area (Å²) in [6.07, 6.45) is 2.06. The van der Waals surface area contributed by atoms with Crippen molar-refractivity contribution in [2.75, 3.05) is 5.73 Å². The van der Waals surface area contributed by atoms with Gasteiger partial charge in [-0.1, -0.05) is 13.3 Å². The molecule has 0 aliphatic heterocycles. The molecule has 2 heterocycles. The molecule has 2 aromatic heterocycles. The number of nitrogens with zero attached hydrogens (tertiary/aromatic N) is 1. The fourth-order valence-electron chi connectivity index (χ4n) is 1.78. The minimum Gasteiger partial charge on any atom is -0.382 e.